The Morgan fingerprint density at radius 2 is 2.14 bits per heavy atom. The van der Waals surface area contributed by atoms with E-state index >= 15 is 0 Å². The molecule has 21 heavy (non-hydrogen) atoms. The highest BCUT2D eigenvalue weighted by Gasteiger charge is 2.34. The molecule has 120 valence electrons. The predicted octanol–water partition coefficient (Wildman–Crippen LogP) is 2.68. The molecule has 0 aromatic carbocycles. The van der Waals surface area contributed by atoms with Crippen LogP contribution in [-0.2, 0) is 6.18 Å². The average molecular weight is 325 g/mol. The van der Waals surface area contributed by atoms with Crippen molar-refractivity contribution in [3.05, 3.63) is 16.1 Å². The van der Waals surface area contributed by atoms with Crippen molar-refractivity contribution in [1.82, 2.24) is 15.6 Å². The van der Waals surface area contributed by atoms with Gasteiger partial charge in [0, 0.05) is 18.0 Å². The molecular formula is C12H18F3N3O2S. The summed E-state index contributed by atoms with van der Waals surface area (Å²) in [6.07, 6.45) is -3.66. The van der Waals surface area contributed by atoms with Gasteiger partial charge >= 0.3 is 12.2 Å². The maximum absolute atomic E-state index is 12.5. The van der Waals surface area contributed by atoms with Crippen LogP contribution in [0.5, 0.6) is 0 Å². The Kier molecular flexibility index (Phi) is 6.41. The first kappa shape index (κ1) is 17.7. The zero-order chi connectivity index (χ0) is 16.0. The quantitative estimate of drug-likeness (QED) is 0.753. The Balaban J connectivity index is 2.66. The summed E-state index contributed by atoms with van der Waals surface area (Å²) in [5, 5.41) is 15.1. The van der Waals surface area contributed by atoms with Gasteiger partial charge in [0.05, 0.1) is 6.04 Å². The SMILES string of the molecule is CCC(NC(=O)N[C@H](C)CCO)c1nc(C(F)(F)F)cs1. The zero-order valence-electron chi connectivity index (χ0n) is 11.7. The lowest BCUT2D eigenvalue weighted by Crippen LogP contribution is -2.42. The summed E-state index contributed by atoms with van der Waals surface area (Å²) in [6, 6.07) is -1.30. The zero-order valence-corrected chi connectivity index (χ0v) is 12.5. The Labute approximate surface area is 124 Å². The van der Waals surface area contributed by atoms with E-state index in [0.29, 0.717) is 12.8 Å². The summed E-state index contributed by atoms with van der Waals surface area (Å²) in [6.45, 7) is 3.42. The topological polar surface area (TPSA) is 74.2 Å². The largest absolute Gasteiger partial charge is 0.434 e. The summed E-state index contributed by atoms with van der Waals surface area (Å²) in [5.41, 5.74) is -0.947. The molecule has 0 spiro atoms. The summed E-state index contributed by atoms with van der Waals surface area (Å²) < 4.78 is 37.5. The molecule has 0 radical (unpaired) electrons. The van der Waals surface area contributed by atoms with Gasteiger partial charge in [-0.2, -0.15) is 13.2 Å². The Hall–Kier alpha value is -1.35. The van der Waals surface area contributed by atoms with Crippen LogP contribution in [0.2, 0.25) is 0 Å². The molecule has 0 aliphatic rings. The molecule has 1 aromatic heterocycles. The van der Waals surface area contributed by atoms with Crippen LogP contribution in [0.15, 0.2) is 5.38 Å². The fraction of sp³-hybridized carbons (Fsp3) is 0.667. The molecule has 1 aromatic rings. The molecule has 0 aliphatic carbocycles. The van der Waals surface area contributed by atoms with Crippen molar-refractivity contribution < 1.29 is 23.1 Å². The van der Waals surface area contributed by atoms with Crippen molar-refractivity contribution in [2.75, 3.05) is 6.61 Å². The predicted molar refractivity (Wildman–Crippen MR) is 73.0 cm³/mol. The van der Waals surface area contributed by atoms with Crippen molar-refractivity contribution in [3.63, 3.8) is 0 Å². The van der Waals surface area contributed by atoms with Crippen molar-refractivity contribution >= 4 is 17.4 Å². The lowest BCUT2D eigenvalue weighted by Gasteiger charge is -2.18. The van der Waals surface area contributed by atoms with E-state index in [0.717, 1.165) is 16.7 Å². The molecule has 2 amide bonds. The van der Waals surface area contributed by atoms with Crippen LogP contribution >= 0.6 is 11.3 Å². The molecule has 2 atom stereocenters. The van der Waals surface area contributed by atoms with Crippen molar-refractivity contribution in [3.8, 4) is 0 Å². The van der Waals surface area contributed by atoms with E-state index in [9.17, 15) is 18.0 Å². The number of halogens is 3. The number of urea groups is 1. The summed E-state index contributed by atoms with van der Waals surface area (Å²) in [7, 11) is 0. The Bertz CT molecular complexity index is 465. The van der Waals surface area contributed by atoms with Crippen LogP contribution in [-0.4, -0.2) is 28.8 Å². The number of nitrogens with one attached hydrogen (secondary N) is 2. The number of aliphatic hydroxyl groups excluding tert-OH is 1. The number of alkyl halides is 3. The number of rotatable bonds is 6. The maximum atomic E-state index is 12.5. The van der Waals surface area contributed by atoms with Gasteiger partial charge in [-0.15, -0.1) is 11.3 Å². The maximum Gasteiger partial charge on any atom is 0.434 e. The van der Waals surface area contributed by atoms with Gasteiger partial charge in [-0.3, -0.25) is 0 Å². The summed E-state index contributed by atoms with van der Waals surface area (Å²) >= 11 is 0.867. The number of carbonyl (C=O) groups excluding carboxylic acids is 1. The number of carbonyl (C=O) groups is 1. The molecule has 9 heteroatoms. The van der Waals surface area contributed by atoms with E-state index in [-0.39, 0.29) is 17.7 Å². The highest BCUT2D eigenvalue weighted by molar-refractivity contribution is 7.09. The first-order valence-corrected chi connectivity index (χ1v) is 7.36. The van der Waals surface area contributed by atoms with E-state index in [2.05, 4.69) is 15.6 Å². The highest BCUT2D eigenvalue weighted by Crippen LogP contribution is 2.32. The van der Waals surface area contributed by atoms with Gasteiger partial charge in [0.25, 0.3) is 0 Å². The lowest BCUT2D eigenvalue weighted by molar-refractivity contribution is -0.140. The molecule has 1 unspecified atom stereocenters. The summed E-state index contributed by atoms with van der Waals surface area (Å²) in [4.78, 5) is 15.3. The molecular weight excluding hydrogens is 307 g/mol. The Morgan fingerprint density at radius 1 is 1.48 bits per heavy atom. The molecule has 1 heterocycles. The number of hydrogen-bond acceptors (Lipinski definition) is 4. The van der Waals surface area contributed by atoms with Gasteiger partial charge in [0.2, 0.25) is 0 Å². The third kappa shape index (κ3) is 5.50. The molecule has 5 nitrogen and oxygen atoms in total. The van der Waals surface area contributed by atoms with Crippen LogP contribution in [0.3, 0.4) is 0 Å². The van der Waals surface area contributed by atoms with Crippen LogP contribution < -0.4 is 10.6 Å². The number of aliphatic hydroxyl groups is 1. The fourth-order valence-corrected chi connectivity index (χ4v) is 2.57. The average Bonchev–Trinajstić information content (AvgIpc) is 2.85. The molecule has 0 fully saturated rings. The minimum absolute atomic E-state index is 0.0555. The van der Waals surface area contributed by atoms with Crippen LogP contribution in [0.4, 0.5) is 18.0 Å². The highest BCUT2D eigenvalue weighted by atomic mass is 32.1. The Morgan fingerprint density at radius 3 is 2.62 bits per heavy atom. The van der Waals surface area contributed by atoms with E-state index < -0.39 is 23.9 Å². The van der Waals surface area contributed by atoms with Gasteiger partial charge in [-0.1, -0.05) is 6.92 Å². The standard InChI is InChI=1S/C12H18F3N3O2S/c1-3-8(17-11(20)16-7(2)4-5-19)10-18-9(6-21-10)12(13,14)15/h6-8,19H,3-5H2,1-2H3,(H2,16,17,20)/t7-,8?/m1/s1. The molecule has 1 rings (SSSR count). The second-order valence-corrected chi connectivity index (χ2v) is 5.45. The minimum atomic E-state index is -4.48. The monoisotopic (exact) mass is 325 g/mol. The number of nitrogens with zero attached hydrogens (tertiary/aromatic N) is 1. The van der Waals surface area contributed by atoms with Gasteiger partial charge < -0.3 is 15.7 Å². The smallest absolute Gasteiger partial charge is 0.396 e. The number of amides is 2. The first-order chi connectivity index (χ1) is 9.77. The first-order valence-electron chi connectivity index (χ1n) is 6.48. The fourth-order valence-electron chi connectivity index (χ4n) is 1.61. The van der Waals surface area contributed by atoms with Crippen molar-refractivity contribution in [2.45, 2.75) is 44.9 Å². The summed E-state index contributed by atoms with van der Waals surface area (Å²) in [5.74, 6) is 0. The van der Waals surface area contributed by atoms with Gasteiger partial charge in [-0.05, 0) is 19.8 Å². The second kappa shape index (κ2) is 7.60. The van der Waals surface area contributed by atoms with Crippen LogP contribution in [0, 0.1) is 0 Å². The third-order valence-corrected chi connectivity index (χ3v) is 3.72. The normalized spacial score (nSPS) is 14.6. The van der Waals surface area contributed by atoms with Crippen molar-refractivity contribution in [1.29, 1.82) is 0 Å². The number of thiazole rings is 1. The van der Waals surface area contributed by atoms with Crippen LogP contribution in [0.1, 0.15) is 43.4 Å². The van der Waals surface area contributed by atoms with E-state index in [1.165, 1.54) is 0 Å². The van der Waals surface area contributed by atoms with Gasteiger partial charge in [-0.25, -0.2) is 9.78 Å². The van der Waals surface area contributed by atoms with E-state index in [1.54, 1.807) is 13.8 Å². The molecule has 3 N–H and O–H groups in total. The molecule has 0 bridgehead atoms. The molecule has 0 saturated heterocycles. The van der Waals surface area contributed by atoms with Gasteiger partial charge in [0.1, 0.15) is 5.01 Å². The van der Waals surface area contributed by atoms with Crippen LogP contribution in [0.25, 0.3) is 0 Å². The van der Waals surface area contributed by atoms with Crippen molar-refractivity contribution in [2.24, 2.45) is 0 Å². The molecule has 0 aliphatic heterocycles. The van der Waals surface area contributed by atoms with E-state index in [4.69, 9.17) is 5.11 Å². The minimum Gasteiger partial charge on any atom is -0.396 e. The van der Waals surface area contributed by atoms with E-state index in [1.807, 2.05) is 0 Å². The number of aromatic nitrogens is 1. The van der Waals surface area contributed by atoms with Gasteiger partial charge in [0.15, 0.2) is 5.69 Å². The second-order valence-electron chi connectivity index (χ2n) is 4.56. The molecule has 0 saturated carbocycles. The third-order valence-electron chi connectivity index (χ3n) is 2.76. The lowest BCUT2D eigenvalue weighted by atomic mass is 10.2. The number of hydrogen-bond donors (Lipinski definition) is 3.